The van der Waals surface area contributed by atoms with E-state index in [1.54, 1.807) is 30.3 Å². The van der Waals surface area contributed by atoms with Crippen LogP contribution in [0.3, 0.4) is 0 Å². The van der Waals surface area contributed by atoms with Gasteiger partial charge in [0.05, 0.1) is 18.8 Å². The molecular formula is C14H15N5O4. The monoisotopic (exact) mass is 317 g/mol. The Kier molecular flexibility index (Phi) is 4.48. The number of nitrogens with zero attached hydrogens (tertiary/aromatic N) is 4. The van der Waals surface area contributed by atoms with E-state index in [1.165, 1.54) is 0 Å². The Morgan fingerprint density at radius 3 is 2.61 bits per heavy atom. The van der Waals surface area contributed by atoms with E-state index < -0.39 is 5.97 Å². The molecule has 1 aromatic heterocycles. The molecule has 1 fully saturated rings. The molecule has 0 unspecified atom stereocenters. The van der Waals surface area contributed by atoms with Gasteiger partial charge in [-0.05, 0) is 22.4 Å². The Hall–Kier alpha value is -2.94. The Bertz CT molecular complexity index is 694. The number of anilines is 1. The molecule has 0 radical (unpaired) electrons. The van der Waals surface area contributed by atoms with E-state index in [4.69, 9.17) is 15.3 Å². The number of aromatic nitrogens is 2. The predicted octanol–water partition coefficient (Wildman–Crippen LogP) is 0.503. The van der Waals surface area contributed by atoms with Gasteiger partial charge in [0, 0.05) is 13.1 Å². The van der Waals surface area contributed by atoms with Gasteiger partial charge in [-0.3, -0.25) is 0 Å². The van der Waals surface area contributed by atoms with Crippen LogP contribution in [0.15, 0.2) is 40.1 Å². The third-order valence-corrected chi connectivity index (χ3v) is 3.26. The molecule has 1 aromatic carbocycles. The number of ether oxygens (including phenoxy) is 1. The molecule has 1 saturated heterocycles. The lowest BCUT2D eigenvalue weighted by molar-refractivity contribution is 0.0481. The van der Waals surface area contributed by atoms with Crippen LogP contribution >= 0.6 is 0 Å². The summed E-state index contributed by atoms with van der Waals surface area (Å²) in [5.74, 6) is -0.214. The number of hydrogen-bond acceptors (Lipinski definition) is 8. The molecule has 1 aliphatic heterocycles. The fourth-order valence-electron chi connectivity index (χ4n) is 2.09. The summed E-state index contributed by atoms with van der Waals surface area (Å²) in [5, 5.41) is 11.2. The standard InChI is InChI=1S/C14H15N5O4/c15-12-11(16-23-17-12)13(19-6-8-21-9-7-19)18-22-14(20)10-4-2-1-3-5-10/h1-5H,6-9H2,(H2,15,17). The summed E-state index contributed by atoms with van der Waals surface area (Å²) < 4.78 is 9.90. The predicted molar refractivity (Wildman–Crippen MR) is 79.5 cm³/mol. The van der Waals surface area contributed by atoms with Gasteiger partial charge >= 0.3 is 5.97 Å². The number of nitrogen functional groups attached to an aromatic ring is 1. The van der Waals surface area contributed by atoms with Crippen molar-refractivity contribution in [1.29, 1.82) is 0 Å². The largest absolute Gasteiger partial charge is 0.379 e. The molecule has 0 atom stereocenters. The quantitative estimate of drug-likeness (QED) is 0.376. The summed E-state index contributed by atoms with van der Waals surface area (Å²) in [5.41, 5.74) is 6.34. The third kappa shape index (κ3) is 3.46. The van der Waals surface area contributed by atoms with Crippen LogP contribution in [-0.2, 0) is 9.57 Å². The highest BCUT2D eigenvalue weighted by atomic mass is 16.7. The summed E-state index contributed by atoms with van der Waals surface area (Å²) in [4.78, 5) is 18.9. The minimum absolute atomic E-state index is 0.0750. The van der Waals surface area contributed by atoms with Crippen LogP contribution in [0.4, 0.5) is 5.82 Å². The van der Waals surface area contributed by atoms with Crippen LogP contribution in [0.5, 0.6) is 0 Å². The van der Waals surface area contributed by atoms with E-state index >= 15 is 0 Å². The van der Waals surface area contributed by atoms with Crippen LogP contribution < -0.4 is 5.73 Å². The van der Waals surface area contributed by atoms with E-state index in [9.17, 15) is 4.79 Å². The summed E-state index contributed by atoms with van der Waals surface area (Å²) in [6.45, 7) is 2.18. The average Bonchev–Trinajstić information content (AvgIpc) is 3.03. The molecule has 0 saturated carbocycles. The molecule has 0 amide bonds. The fraction of sp³-hybridized carbons (Fsp3) is 0.286. The van der Waals surface area contributed by atoms with Crippen molar-refractivity contribution in [3.8, 4) is 0 Å². The van der Waals surface area contributed by atoms with Gasteiger partial charge in [0.25, 0.3) is 0 Å². The van der Waals surface area contributed by atoms with Gasteiger partial charge in [-0.1, -0.05) is 23.4 Å². The zero-order valence-corrected chi connectivity index (χ0v) is 12.2. The third-order valence-electron chi connectivity index (χ3n) is 3.26. The van der Waals surface area contributed by atoms with E-state index in [0.717, 1.165) is 0 Å². The maximum absolute atomic E-state index is 12.0. The lowest BCUT2D eigenvalue weighted by Crippen LogP contribution is -2.41. The molecule has 0 aliphatic carbocycles. The second-order valence-electron chi connectivity index (χ2n) is 4.76. The van der Waals surface area contributed by atoms with E-state index in [2.05, 4.69) is 20.1 Å². The van der Waals surface area contributed by atoms with Crippen molar-refractivity contribution in [1.82, 2.24) is 15.2 Å². The van der Waals surface area contributed by atoms with E-state index in [0.29, 0.717) is 31.9 Å². The highest BCUT2D eigenvalue weighted by molar-refractivity contribution is 6.00. The van der Waals surface area contributed by atoms with Gasteiger partial charge in [0.1, 0.15) is 0 Å². The topological polar surface area (TPSA) is 116 Å². The molecule has 0 spiro atoms. The molecule has 1 aliphatic rings. The van der Waals surface area contributed by atoms with E-state index in [1.807, 2.05) is 4.90 Å². The first kappa shape index (κ1) is 15.0. The van der Waals surface area contributed by atoms with Crippen LogP contribution in [0.25, 0.3) is 0 Å². The number of carbonyl (C=O) groups is 1. The number of hydrogen-bond donors (Lipinski definition) is 1. The van der Waals surface area contributed by atoms with Crippen molar-refractivity contribution >= 4 is 17.6 Å². The second-order valence-corrected chi connectivity index (χ2v) is 4.76. The van der Waals surface area contributed by atoms with E-state index in [-0.39, 0.29) is 17.3 Å². The maximum Gasteiger partial charge on any atom is 0.365 e. The molecule has 9 heteroatoms. The molecule has 2 N–H and O–H groups in total. The van der Waals surface area contributed by atoms with Crippen molar-refractivity contribution in [2.75, 3.05) is 32.0 Å². The van der Waals surface area contributed by atoms with Crippen LogP contribution in [0.1, 0.15) is 16.1 Å². The molecule has 2 heterocycles. The summed E-state index contributed by atoms with van der Waals surface area (Å²) in [6, 6.07) is 8.56. The number of morpholine rings is 1. The van der Waals surface area contributed by atoms with Gasteiger partial charge in [-0.2, -0.15) is 0 Å². The fourth-order valence-corrected chi connectivity index (χ4v) is 2.09. The Balaban J connectivity index is 1.83. The Morgan fingerprint density at radius 1 is 1.22 bits per heavy atom. The van der Waals surface area contributed by atoms with Crippen molar-refractivity contribution in [3.63, 3.8) is 0 Å². The van der Waals surface area contributed by atoms with Gasteiger partial charge in [0.15, 0.2) is 11.5 Å². The maximum atomic E-state index is 12.0. The first-order valence-electron chi connectivity index (χ1n) is 7.01. The van der Waals surface area contributed by atoms with Gasteiger partial charge in [-0.15, -0.1) is 0 Å². The SMILES string of the molecule is Nc1nonc1C(=NOC(=O)c1ccccc1)N1CCOCC1. The average molecular weight is 317 g/mol. The van der Waals surface area contributed by atoms with Crippen molar-refractivity contribution in [2.24, 2.45) is 5.16 Å². The smallest absolute Gasteiger partial charge is 0.365 e. The minimum atomic E-state index is -0.577. The molecule has 9 nitrogen and oxygen atoms in total. The number of benzene rings is 1. The molecule has 2 aromatic rings. The van der Waals surface area contributed by atoms with Gasteiger partial charge < -0.3 is 20.2 Å². The molecule has 120 valence electrons. The normalized spacial score (nSPS) is 15.5. The summed E-state index contributed by atoms with van der Waals surface area (Å²) in [7, 11) is 0. The molecule has 23 heavy (non-hydrogen) atoms. The Morgan fingerprint density at radius 2 is 1.96 bits per heavy atom. The molecule has 0 bridgehead atoms. The minimum Gasteiger partial charge on any atom is -0.379 e. The van der Waals surface area contributed by atoms with Gasteiger partial charge in [0.2, 0.25) is 5.84 Å². The Labute approximate surface area is 131 Å². The number of amidine groups is 1. The number of carbonyl (C=O) groups excluding carboxylic acids is 1. The highest BCUT2D eigenvalue weighted by Gasteiger charge is 2.24. The molecule has 3 rings (SSSR count). The zero-order chi connectivity index (χ0) is 16.1. The van der Waals surface area contributed by atoms with Crippen LogP contribution in [0, 0.1) is 0 Å². The van der Waals surface area contributed by atoms with Crippen LogP contribution in [-0.4, -0.2) is 53.3 Å². The number of nitrogens with two attached hydrogens (primary N) is 1. The first-order valence-corrected chi connectivity index (χ1v) is 7.01. The highest BCUT2D eigenvalue weighted by Crippen LogP contribution is 2.13. The summed E-state index contributed by atoms with van der Waals surface area (Å²) >= 11 is 0. The lowest BCUT2D eigenvalue weighted by atomic mass is 10.2. The van der Waals surface area contributed by atoms with Crippen LogP contribution in [0.2, 0.25) is 0 Å². The molecular weight excluding hydrogens is 302 g/mol. The van der Waals surface area contributed by atoms with Crippen molar-refractivity contribution in [3.05, 3.63) is 41.6 Å². The lowest BCUT2D eigenvalue weighted by Gasteiger charge is -2.28. The van der Waals surface area contributed by atoms with Crippen molar-refractivity contribution < 1.29 is 19.0 Å². The number of rotatable bonds is 3. The zero-order valence-electron chi connectivity index (χ0n) is 12.2. The summed E-state index contributed by atoms with van der Waals surface area (Å²) in [6.07, 6.45) is 0. The first-order chi connectivity index (χ1) is 11.3. The number of oxime groups is 1. The van der Waals surface area contributed by atoms with Crippen molar-refractivity contribution in [2.45, 2.75) is 0 Å². The van der Waals surface area contributed by atoms with Gasteiger partial charge in [-0.25, -0.2) is 9.42 Å². The second kappa shape index (κ2) is 6.88.